The zero-order valence-corrected chi connectivity index (χ0v) is 19.5. The molecule has 2 aromatic heterocycles. The van der Waals surface area contributed by atoms with E-state index in [0.29, 0.717) is 6.42 Å². The number of hydrogen-bond donors (Lipinski definition) is 2. The van der Waals surface area contributed by atoms with Crippen molar-refractivity contribution in [3.05, 3.63) is 95.7 Å². The lowest BCUT2D eigenvalue weighted by atomic mass is 9.95. The Morgan fingerprint density at radius 3 is 2.46 bits per heavy atom. The molecule has 0 saturated heterocycles. The van der Waals surface area contributed by atoms with Crippen molar-refractivity contribution < 1.29 is 9.90 Å². The highest BCUT2D eigenvalue weighted by atomic mass is 16.4. The normalized spacial score (nSPS) is 20.3. The molecule has 2 heterocycles. The number of carboxylic acid groups (broad SMARTS) is 1. The molecule has 6 heteroatoms. The van der Waals surface area contributed by atoms with Gasteiger partial charge in [-0.2, -0.15) is 0 Å². The van der Waals surface area contributed by atoms with Crippen LogP contribution in [-0.2, 0) is 11.2 Å². The van der Waals surface area contributed by atoms with Crippen molar-refractivity contribution in [1.29, 1.82) is 0 Å². The fourth-order valence-corrected chi connectivity index (χ4v) is 5.14. The fourth-order valence-electron chi connectivity index (χ4n) is 5.14. The van der Waals surface area contributed by atoms with Crippen LogP contribution in [0.4, 0.5) is 5.69 Å². The largest absolute Gasteiger partial charge is 0.481 e. The lowest BCUT2D eigenvalue weighted by Gasteiger charge is -2.16. The van der Waals surface area contributed by atoms with Crippen molar-refractivity contribution in [2.45, 2.75) is 38.1 Å². The lowest BCUT2D eigenvalue weighted by molar-refractivity contribution is -0.138. The Balaban J connectivity index is 1.19. The number of rotatable bonds is 6. The molecular formula is C29H26N4O2. The van der Waals surface area contributed by atoms with E-state index in [1.165, 1.54) is 22.3 Å². The smallest absolute Gasteiger partial charge is 0.307 e. The molecule has 1 fully saturated rings. The van der Waals surface area contributed by atoms with E-state index in [0.717, 1.165) is 41.2 Å². The van der Waals surface area contributed by atoms with Gasteiger partial charge in [0.15, 0.2) is 0 Å². The van der Waals surface area contributed by atoms with Gasteiger partial charge in [0.05, 0.1) is 41.4 Å². The average molecular weight is 463 g/mol. The SMILES string of the molecule is Cc1cnc(-c2ccc(-c3cccc4c3CC[C@H]4Nc3ccc([C@H]4C[C@@H]4C(=O)O)nc3)cc2)cn1. The summed E-state index contributed by atoms with van der Waals surface area (Å²) in [6, 6.07) is 19.3. The molecule has 6 rings (SSSR count). The summed E-state index contributed by atoms with van der Waals surface area (Å²) in [6.07, 6.45) is 8.17. The number of aryl methyl sites for hydroxylation is 1. The summed E-state index contributed by atoms with van der Waals surface area (Å²) in [5, 5.41) is 12.8. The first-order valence-corrected chi connectivity index (χ1v) is 12.0. The first-order chi connectivity index (χ1) is 17.1. The van der Waals surface area contributed by atoms with E-state index in [-0.39, 0.29) is 17.9 Å². The van der Waals surface area contributed by atoms with Crippen LogP contribution in [0, 0.1) is 12.8 Å². The zero-order chi connectivity index (χ0) is 23.9. The summed E-state index contributed by atoms with van der Waals surface area (Å²) in [4.78, 5) is 24.5. The summed E-state index contributed by atoms with van der Waals surface area (Å²) in [5.41, 5.74) is 9.88. The molecule has 2 aliphatic rings. The van der Waals surface area contributed by atoms with Crippen molar-refractivity contribution in [3.8, 4) is 22.4 Å². The number of hydrogen-bond acceptors (Lipinski definition) is 5. The predicted molar refractivity (Wildman–Crippen MR) is 135 cm³/mol. The molecule has 0 unspecified atom stereocenters. The van der Waals surface area contributed by atoms with Gasteiger partial charge in [0.2, 0.25) is 0 Å². The maximum atomic E-state index is 11.1. The Bertz CT molecular complexity index is 1380. The van der Waals surface area contributed by atoms with E-state index in [2.05, 4.69) is 62.7 Å². The van der Waals surface area contributed by atoms with Crippen molar-refractivity contribution in [2.75, 3.05) is 5.32 Å². The van der Waals surface area contributed by atoms with E-state index in [1.54, 1.807) is 6.20 Å². The Labute approximate surface area is 204 Å². The first kappa shape index (κ1) is 21.5. The van der Waals surface area contributed by atoms with Crippen LogP contribution in [0.5, 0.6) is 0 Å². The monoisotopic (exact) mass is 462 g/mol. The maximum Gasteiger partial charge on any atom is 0.307 e. The minimum Gasteiger partial charge on any atom is -0.481 e. The number of nitrogens with zero attached hydrogens (tertiary/aromatic N) is 3. The third-order valence-corrected chi connectivity index (χ3v) is 7.16. The van der Waals surface area contributed by atoms with Crippen molar-refractivity contribution in [3.63, 3.8) is 0 Å². The Hall–Kier alpha value is -4.06. The number of carbonyl (C=O) groups is 1. The second-order valence-electron chi connectivity index (χ2n) is 9.49. The van der Waals surface area contributed by atoms with Gasteiger partial charge in [-0.25, -0.2) is 0 Å². The van der Waals surface area contributed by atoms with Gasteiger partial charge in [0.25, 0.3) is 0 Å². The Kier molecular flexibility index (Phi) is 5.29. The third kappa shape index (κ3) is 4.16. The molecule has 2 aromatic carbocycles. The van der Waals surface area contributed by atoms with Crippen LogP contribution in [0.25, 0.3) is 22.4 Å². The standard InChI is InChI=1S/C29H26N4O2/c1-17-14-31-28(16-30-17)19-7-5-18(6-8-19)21-3-2-4-23-22(21)10-12-27(23)33-20-9-11-26(32-15-20)24-13-25(24)29(34)35/h2-9,11,14-16,24-25,27,33H,10,12-13H2,1H3,(H,34,35)/t24-,25-,27+/m0/s1. The van der Waals surface area contributed by atoms with Gasteiger partial charge >= 0.3 is 5.97 Å². The summed E-state index contributed by atoms with van der Waals surface area (Å²) >= 11 is 0. The minimum absolute atomic E-state index is 0.0563. The van der Waals surface area contributed by atoms with Crippen LogP contribution in [0.2, 0.25) is 0 Å². The molecule has 0 radical (unpaired) electrons. The topological polar surface area (TPSA) is 88.0 Å². The van der Waals surface area contributed by atoms with Gasteiger partial charge in [0, 0.05) is 23.4 Å². The number of carboxylic acids is 1. The van der Waals surface area contributed by atoms with Crippen LogP contribution in [0.3, 0.4) is 0 Å². The van der Waals surface area contributed by atoms with Crippen molar-refractivity contribution in [2.24, 2.45) is 5.92 Å². The molecule has 2 N–H and O–H groups in total. The summed E-state index contributed by atoms with van der Waals surface area (Å²) in [5.74, 6) is -0.947. The second-order valence-corrected chi connectivity index (χ2v) is 9.49. The number of benzene rings is 2. The van der Waals surface area contributed by atoms with Gasteiger partial charge in [-0.1, -0.05) is 42.5 Å². The van der Waals surface area contributed by atoms with E-state index in [4.69, 9.17) is 5.11 Å². The van der Waals surface area contributed by atoms with E-state index in [1.807, 2.05) is 31.5 Å². The number of nitrogens with one attached hydrogen (secondary N) is 1. The van der Waals surface area contributed by atoms with E-state index in [9.17, 15) is 4.79 Å². The van der Waals surface area contributed by atoms with E-state index >= 15 is 0 Å². The second kappa shape index (κ2) is 8.62. The first-order valence-electron chi connectivity index (χ1n) is 12.0. The van der Waals surface area contributed by atoms with Crippen molar-refractivity contribution >= 4 is 11.7 Å². The summed E-state index contributed by atoms with van der Waals surface area (Å²) < 4.78 is 0. The summed E-state index contributed by atoms with van der Waals surface area (Å²) in [6.45, 7) is 1.94. The third-order valence-electron chi connectivity index (χ3n) is 7.16. The molecule has 0 spiro atoms. The maximum absolute atomic E-state index is 11.1. The van der Waals surface area contributed by atoms with Gasteiger partial charge in [-0.05, 0) is 60.6 Å². The average Bonchev–Trinajstić information content (AvgIpc) is 3.60. The molecule has 3 atom stereocenters. The lowest BCUT2D eigenvalue weighted by Crippen LogP contribution is -2.07. The molecule has 6 nitrogen and oxygen atoms in total. The van der Waals surface area contributed by atoms with Gasteiger partial charge in [-0.3, -0.25) is 19.7 Å². The highest BCUT2D eigenvalue weighted by molar-refractivity contribution is 5.75. The van der Waals surface area contributed by atoms with Crippen LogP contribution in [0.1, 0.15) is 47.3 Å². The quantitative estimate of drug-likeness (QED) is 0.376. The predicted octanol–water partition coefficient (Wildman–Crippen LogP) is 5.80. The van der Waals surface area contributed by atoms with Gasteiger partial charge in [-0.15, -0.1) is 0 Å². The highest BCUT2D eigenvalue weighted by Gasteiger charge is 2.45. The zero-order valence-electron chi connectivity index (χ0n) is 19.5. The fraction of sp³-hybridized carbons (Fsp3) is 0.241. The number of fused-ring (bicyclic) bond motifs is 1. The minimum atomic E-state index is -0.726. The Morgan fingerprint density at radius 2 is 1.77 bits per heavy atom. The highest BCUT2D eigenvalue weighted by Crippen LogP contribution is 2.47. The van der Waals surface area contributed by atoms with Crippen molar-refractivity contribution in [1.82, 2.24) is 15.0 Å². The molecule has 1 saturated carbocycles. The molecule has 2 aliphatic carbocycles. The number of aromatic nitrogens is 3. The van der Waals surface area contributed by atoms with Crippen LogP contribution in [0.15, 0.2) is 73.2 Å². The van der Waals surface area contributed by atoms with Crippen LogP contribution in [-0.4, -0.2) is 26.0 Å². The molecule has 0 amide bonds. The van der Waals surface area contributed by atoms with Crippen LogP contribution < -0.4 is 5.32 Å². The molecule has 174 valence electrons. The number of pyridine rings is 1. The summed E-state index contributed by atoms with van der Waals surface area (Å²) in [7, 11) is 0. The molecular weight excluding hydrogens is 436 g/mol. The number of aliphatic carboxylic acids is 1. The van der Waals surface area contributed by atoms with E-state index < -0.39 is 5.97 Å². The molecule has 0 bridgehead atoms. The van der Waals surface area contributed by atoms with Crippen LogP contribution >= 0.6 is 0 Å². The van der Waals surface area contributed by atoms with Gasteiger partial charge < -0.3 is 10.4 Å². The number of anilines is 1. The van der Waals surface area contributed by atoms with Gasteiger partial charge in [0.1, 0.15) is 0 Å². The molecule has 0 aliphatic heterocycles. The molecule has 35 heavy (non-hydrogen) atoms. The Morgan fingerprint density at radius 1 is 0.943 bits per heavy atom. The molecule has 4 aromatic rings.